The highest BCUT2D eigenvalue weighted by Gasteiger charge is 1.87. The molecule has 0 aromatic rings. The van der Waals surface area contributed by atoms with Gasteiger partial charge in [0.2, 0.25) is 0 Å². The van der Waals surface area contributed by atoms with Crippen molar-refractivity contribution in [2.45, 2.75) is 27.2 Å². The van der Waals surface area contributed by atoms with Crippen LogP contribution in [0.5, 0.6) is 0 Å². The van der Waals surface area contributed by atoms with E-state index in [1.165, 1.54) is 0 Å². The standard InChI is InChI=1S/C8H15N/c1-4-6-8(9)7(3)5-2/h5-6H,4,9H2,1-3H3/b7-5-,8-6+. The molecule has 1 heteroatoms. The van der Waals surface area contributed by atoms with Gasteiger partial charge in [0.1, 0.15) is 0 Å². The third kappa shape index (κ3) is 2.96. The maximum Gasteiger partial charge on any atom is 0.0299 e. The van der Waals surface area contributed by atoms with Crippen molar-refractivity contribution < 1.29 is 0 Å². The van der Waals surface area contributed by atoms with Crippen molar-refractivity contribution in [3.8, 4) is 0 Å². The maximum atomic E-state index is 5.63. The Morgan fingerprint density at radius 1 is 1.56 bits per heavy atom. The molecule has 0 aliphatic carbocycles. The summed E-state index contributed by atoms with van der Waals surface area (Å²) >= 11 is 0. The molecule has 0 heterocycles. The molecule has 0 amide bonds. The monoisotopic (exact) mass is 125 g/mol. The van der Waals surface area contributed by atoms with Gasteiger partial charge in [-0.25, -0.2) is 0 Å². The molecular formula is C8H15N. The lowest BCUT2D eigenvalue weighted by Gasteiger charge is -1.97. The van der Waals surface area contributed by atoms with E-state index in [4.69, 9.17) is 5.73 Å². The Kier molecular flexibility index (Phi) is 3.85. The average Bonchev–Trinajstić information content (AvgIpc) is 1.87. The average molecular weight is 125 g/mol. The highest BCUT2D eigenvalue weighted by atomic mass is 14.6. The third-order valence-corrected chi connectivity index (χ3v) is 1.31. The first-order valence-electron chi connectivity index (χ1n) is 3.31. The first kappa shape index (κ1) is 8.28. The van der Waals surface area contributed by atoms with E-state index in [9.17, 15) is 0 Å². The molecule has 1 nitrogen and oxygen atoms in total. The Morgan fingerprint density at radius 2 is 2.11 bits per heavy atom. The van der Waals surface area contributed by atoms with Crippen LogP contribution in [0.15, 0.2) is 23.4 Å². The van der Waals surface area contributed by atoms with Crippen molar-refractivity contribution in [1.29, 1.82) is 0 Å². The minimum atomic E-state index is 0.903. The van der Waals surface area contributed by atoms with Crippen molar-refractivity contribution in [2.24, 2.45) is 5.73 Å². The second-order valence-corrected chi connectivity index (χ2v) is 2.04. The van der Waals surface area contributed by atoms with E-state index in [2.05, 4.69) is 6.92 Å². The van der Waals surface area contributed by atoms with Crippen LogP contribution in [0.25, 0.3) is 0 Å². The topological polar surface area (TPSA) is 26.0 Å². The van der Waals surface area contributed by atoms with E-state index in [1.54, 1.807) is 0 Å². The second-order valence-electron chi connectivity index (χ2n) is 2.04. The van der Waals surface area contributed by atoms with Crippen LogP contribution in [0.2, 0.25) is 0 Å². The van der Waals surface area contributed by atoms with Crippen LogP contribution in [0.1, 0.15) is 27.2 Å². The minimum Gasteiger partial charge on any atom is -0.399 e. The predicted molar refractivity (Wildman–Crippen MR) is 42.0 cm³/mol. The molecule has 0 spiro atoms. The van der Waals surface area contributed by atoms with Crippen molar-refractivity contribution in [2.75, 3.05) is 0 Å². The summed E-state index contributed by atoms with van der Waals surface area (Å²) in [5.41, 5.74) is 7.70. The maximum absolute atomic E-state index is 5.63. The molecule has 0 aliphatic rings. The van der Waals surface area contributed by atoms with E-state index >= 15 is 0 Å². The summed E-state index contributed by atoms with van der Waals surface area (Å²) < 4.78 is 0. The van der Waals surface area contributed by atoms with Crippen LogP contribution < -0.4 is 5.73 Å². The molecule has 0 bridgehead atoms. The highest BCUT2D eigenvalue weighted by molar-refractivity contribution is 5.24. The van der Waals surface area contributed by atoms with Gasteiger partial charge in [0, 0.05) is 5.70 Å². The molecule has 2 N–H and O–H groups in total. The molecule has 0 fully saturated rings. The summed E-state index contributed by atoms with van der Waals surface area (Å²) in [6, 6.07) is 0. The van der Waals surface area contributed by atoms with Crippen LogP contribution in [0.4, 0.5) is 0 Å². The SMILES string of the molecule is C/C=C(C)\C(N)=C/CC. The lowest BCUT2D eigenvalue weighted by molar-refractivity contribution is 1.15. The zero-order chi connectivity index (χ0) is 7.28. The largest absolute Gasteiger partial charge is 0.399 e. The van der Waals surface area contributed by atoms with Gasteiger partial charge in [-0.2, -0.15) is 0 Å². The van der Waals surface area contributed by atoms with E-state index in [1.807, 2.05) is 26.0 Å². The Labute approximate surface area is 57.3 Å². The Morgan fingerprint density at radius 3 is 2.44 bits per heavy atom. The first-order chi connectivity index (χ1) is 4.22. The van der Waals surface area contributed by atoms with E-state index in [-0.39, 0.29) is 0 Å². The molecular weight excluding hydrogens is 110 g/mol. The Balaban J connectivity index is 4.03. The van der Waals surface area contributed by atoms with E-state index in [0.717, 1.165) is 17.7 Å². The molecule has 52 valence electrons. The zero-order valence-corrected chi connectivity index (χ0v) is 6.44. The predicted octanol–water partition coefficient (Wildman–Crippen LogP) is 2.21. The summed E-state index contributed by atoms with van der Waals surface area (Å²) in [4.78, 5) is 0. The van der Waals surface area contributed by atoms with Crippen LogP contribution in [-0.4, -0.2) is 0 Å². The Hall–Kier alpha value is -0.720. The molecule has 9 heavy (non-hydrogen) atoms. The van der Waals surface area contributed by atoms with Crippen molar-refractivity contribution in [3.63, 3.8) is 0 Å². The van der Waals surface area contributed by atoms with Crippen molar-refractivity contribution in [1.82, 2.24) is 0 Å². The van der Waals surface area contributed by atoms with Gasteiger partial charge in [0.05, 0.1) is 0 Å². The number of hydrogen-bond donors (Lipinski definition) is 1. The number of nitrogens with two attached hydrogens (primary N) is 1. The summed E-state index contributed by atoms with van der Waals surface area (Å²) in [5.74, 6) is 0. The molecule has 0 rings (SSSR count). The molecule has 0 radical (unpaired) electrons. The van der Waals surface area contributed by atoms with Gasteiger partial charge in [-0.15, -0.1) is 0 Å². The van der Waals surface area contributed by atoms with Gasteiger partial charge in [0.25, 0.3) is 0 Å². The Bertz CT molecular complexity index is 132. The number of hydrogen-bond acceptors (Lipinski definition) is 1. The van der Waals surface area contributed by atoms with Crippen molar-refractivity contribution >= 4 is 0 Å². The smallest absolute Gasteiger partial charge is 0.0299 e. The molecule has 0 aromatic carbocycles. The summed E-state index contributed by atoms with van der Waals surface area (Å²) in [6.45, 7) is 6.09. The second kappa shape index (κ2) is 4.19. The quantitative estimate of drug-likeness (QED) is 0.562. The van der Waals surface area contributed by atoms with Gasteiger partial charge < -0.3 is 5.73 Å². The van der Waals surface area contributed by atoms with Gasteiger partial charge in [-0.3, -0.25) is 0 Å². The van der Waals surface area contributed by atoms with Gasteiger partial charge in [-0.05, 0) is 25.8 Å². The van der Waals surface area contributed by atoms with E-state index < -0.39 is 0 Å². The third-order valence-electron chi connectivity index (χ3n) is 1.31. The molecule has 0 atom stereocenters. The molecule has 0 saturated carbocycles. The van der Waals surface area contributed by atoms with Crippen LogP contribution in [0, 0.1) is 0 Å². The lowest BCUT2D eigenvalue weighted by Crippen LogP contribution is -1.97. The van der Waals surface area contributed by atoms with Crippen LogP contribution in [0.3, 0.4) is 0 Å². The van der Waals surface area contributed by atoms with Gasteiger partial charge in [-0.1, -0.05) is 19.1 Å². The normalized spacial score (nSPS) is 14.1. The molecule has 0 saturated heterocycles. The molecule has 0 aliphatic heterocycles. The fraction of sp³-hybridized carbons (Fsp3) is 0.500. The lowest BCUT2D eigenvalue weighted by atomic mass is 10.2. The highest BCUT2D eigenvalue weighted by Crippen LogP contribution is 2.01. The van der Waals surface area contributed by atoms with Crippen LogP contribution >= 0.6 is 0 Å². The number of allylic oxidation sites excluding steroid dienone is 3. The van der Waals surface area contributed by atoms with Gasteiger partial charge >= 0.3 is 0 Å². The van der Waals surface area contributed by atoms with Crippen molar-refractivity contribution in [3.05, 3.63) is 23.4 Å². The fourth-order valence-electron chi connectivity index (χ4n) is 0.548. The first-order valence-corrected chi connectivity index (χ1v) is 3.31. The molecule has 0 aromatic heterocycles. The fourth-order valence-corrected chi connectivity index (χ4v) is 0.548. The summed E-state index contributed by atoms with van der Waals surface area (Å²) in [7, 11) is 0. The van der Waals surface area contributed by atoms with Crippen LogP contribution in [-0.2, 0) is 0 Å². The van der Waals surface area contributed by atoms with Gasteiger partial charge in [0.15, 0.2) is 0 Å². The van der Waals surface area contributed by atoms with E-state index in [0.29, 0.717) is 0 Å². The summed E-state index contributed by atoms with van der Waals surface area (Å²) in [6.07, 6.45) is 5.05. The molecule has 0 unspecified atom stereocenters. The number of rotatable bonds is 2. The summed E-state index contributed by atoms with van der Waals surface area (Å²) in [5, 5.41) is 0. The minimum absolute atomic E-state index is 0.903. The zero-order valence-electron chi connectivity index (χ0n) is 6.44.